The molecule has 0 radical (unpaired) electrons. The molecule has 2 rings (SSSR count). The summed E-state index contributed by atoms with van der Waals surface area (Å²) in [7, 11) is 0.758. The predicted octanol–water partition coefficient (Wildman–Crippen LogP) is -0.371. The number of quaternary nitrogens is 1. The maximum Gasteiger partial charge on any atom is 0.243 e. The van der Waals surface area contributed by atoms with Crippen LogP contribution in [0.4, 0.5) is 0 Å². The number of likely N-dealkylation sites (N-methyl/N-ethyl adjacent to an activating group) is 1. The van der Waals surface area contributed by atoms with Gasteiger partial charge >= 0.3 is 0 Å². The highest BCUT2D eigenvalue weighted by molar-refractivity contribution is 7.89. The van der Waals surface area contributed by atoms with Crippen molar-refractivity contribution in [2.45, 2.75) is 18.7 Å². The Kier molecular flexibility index (Phi) is 6.79. The molecule has 0 amide bonds. The quantitative estimate of drug-likeness (QED) is 0.678. The molecule has 0 atom stereocenters. The van der Waals surface area contributed by atoms with Crippen molar-refractivity contribution in [2.24, 2.45) is 0 Å². The van der Waals surface area contributed by atoms with E-state index in [2.05, 4.69) is 19.4 Å². The smallest absolute Gasteiger partial charge is 0.243 e. The SMILES string of the molecule is Cc1ccc(S(=O)(=O)N2CCN(C(=S)NCC[NH+](C)C)CC2)cc1C. The Morgan fingerprint density at radius 1 is 1.16 bits per heavy atom. The van der Waals surface area contributed by atoms with E-state index in [1.165, 1.54) is 4.90 Å². The average Bonchev–Trinajstić information content (AvgIpc) is 2.57. The highest BCUT2D eigenvalue weighted by Crippen LogP contribution is 2.20. The predicted molar refractivity (Wildman–Crippen MR) is 105 cm³/mol. The minimum atomic E-state index is -3.44. The lowest BCUT2D eigenvalue weighted by atomic mass is 10.1. The van der Waals surface area contributed by atoms with E-state index in [-0.39, 0.29) is 0 Å². The van der Waals surface area contributed by atoms with Gasteiger partial charge in [0, 0.05) is 26.2 Å². The van der Waals surface area contributed by atoms with Crippen molar-refractivity contribution in [1.82, 2.24) is 14.5 Å². The van der Waals surface area contributed by atoms with Crippen LogP contribution in [-0.2, 0) is 10.0 Å². The van der Waals surface area contributed by atoms with E-state index in [4.69, 9.17) is 12.2 Å². The normalized spacial score (nSPS) is 16.3. The van der Waals surface area contributed by atoms with Crippen LogP contribution >= 0.6 is 12.2 Å². The molecule has 1 aliphatic heterocycles. The van der Waals surface area contributed by atoms with E-state index >= 15 is 0 Å². The molecular weight excluding hydrogens is 356 g/mol. The Labute approximate surface area is 156 Å². The fourth-order valence-electron chi connectivity index (χ4n) is 2.69. The molecule has 6 nitrogen and oxygen atoms in total. The van der Waals surface area contributed by atoms with Crippen LogP contribution in [0.15, 0.2) is 23.1 Å². The summed E-state index contributed by atoms with van der Waals surface area (Å²) in [5.41, 5.74) is 2.09. The number of thiocarbonyl (C=S) groups is 1. The number of hydrogen-bond donors (Lipinski definition) is 2. The number of rotatable bonds is 5. The molecule has 1 saturated heterocycles. The summed E-state index contributed by atoms with van der Waals surface area (Å²) in [6.45, 7) is 7.87. The molecule has 0 saturated carbocycles. The fourth-order valence-corrected chi connectivity index (χ4v) is 4.48. The monoisotopic (exact) mass is 385 g/mol. The molecule has 0 aliphatic carbocycles. The summed E-state index contributed by atoms with van der Waals surface area (Å²) < 4.78 is 27.2. The second-order valence-electron chi connectivity index (χ2n) is 6.83. The topological polar surface area (TPSA) is 57.1 Å². The second kappa shape index (κ2) is 8.44. The van der Waals surface area contributed by atoms with Crippen molar-refractivity contribution in [3.05, 3.63) is 29.3 Å². The first-order valence-electron chi connectivity index (χ1n) is 8.61. The molecule has 0 bridgehead atoms. The van der Waals surface area contributed by atoms with Crippen molar-refractivity contribution in [1.29, 1.82) is 0 Å². The van der Waals surface area contributed by atoms with Gasteiger partial charge in [0.1, 0.15) is 0 Å². The summed E-state index contributed by atoms with van der Waals surface area (Å²) in [4.78, 5) is 3.78. The van der Waals surface area contributed by atoms with Crippen molar-refractivity contribution in [3.63, 3.8) is 0 Å². The van der Waals surface area contributed by atoms with Gasteiger partial charge in [-0.3, -0.25) is 0 Å². The van der Waals surface area contributed by atoms with Crippen LogP contribution in [0.1, 0.15) is 11.1 Å². The molecule has 0 spiro atoms. The highest BCUT2D eigenvalue weighted by Gasteiger charge is 2.29. The third-order valence-corrected chi connectivity index (χ3v) is 6.84. The van der Waals surface area contributed by atoms with E-state index in [1.807, 2.05) is 24.8 Å². The Balaban J connectivity index is 1.94. The summed E-state index contributed by atoms with van der Waals surface area (Å²) in [6, 6.07) is 5.32. The van der Waals surface area contributed by atoms with Gasteiger partial charge in [0.05, 0.1) is 32.1 Å². The zero-order chi connectivity index (χ0) is 18.6. The molecule has 1 fully saturated rings. The second-order valence-corrected chi connectivity index (χ2v) is 9.15. The van der Waals surface area contributed by atoms with E-state index < -0.39 is 10.0 Å². The average molecular weight is 386 g/mol. The molecule has 1 aromatic carbocycles. The van der Waals surface area contributed by atoms with Crippen LogP contribution < -0.4 is 10.2 Å². The largest absolute Gasteiger partial charge is 0.357 e. The first kappa shape index (κ1) is 20.1. The first-order chi connectivity index (χ1) is 11.7. The third kappa shape index (κ3) is 5.13. The number of piperazine rings is 1. The molecular formula is C17H29N4O2S2+. The van der Waals surface area contributed by atoms with Gasteiger partial charge in [0.15, 0.2) is 5.11 Å². The van der Waals surface area contributed by atoms with Crippen LogP contribution in [-0.4, -0.2) is 76.1 Å². The minimum Gasteiger partial charge on any atom is -0.357 e. The van der Waals surface area contributed by atoms with Crippen molar-refractivity contribution in [2.75, 3.05) is 53.4 Å². The van der Waals surface area contributed by atoms with Crippen LogP contribution in [0.3, 0.4) is 0 Å². The Morgan fingerprint density at radius 2 is 1.80 bits per heavy atom. The van der Waals surface area contributed by atoms with Crippen LogP contribution in [0.25, 0.3) is 0 Å². The molecule has 1 aliphatic rings. The lowest BCUT2D eigenvalue weighted by Gasteiger charge is -2.35. The zero-order valence-electron chi connectivity index (χ0n) is 15.5. The highest BCUT2D eigenvalue weighted by atomic mass is 32.2. The zero-order valence-corrected chi connectivity index (χ0v) is 17.1. The molecule has 0 aromatic heterocycles. The molecule has 25 heavy (non-hydrogen) atoms. The van der Waals surface area contributed by atoms with Crippen molar-refractivity contribution in [3.8, 4) is 0 Å². The number of hydrogen-bond acceptors (Lipinski definition) is 3. The van der Waals surface area contributed by atoms with Crippen molar-refractivity contribution < 1.29 is 13.3 Å². The number of sulfonamides is 1. The molecule has 2 N–H and O–H groups in total. The standard InChI is InChI=1S/C17H28N4O2S2/c1-14-5-6-16(13-15(14)2)25(22,23)21-11-9-20(10-12-21)17(24)18-7-8-19(3)4/h5-6,13H,7-12H2,1-4H3,(H,18,24)/p+1. The molecule has 1 heterocycles. The van der Waals surface area contributed by atoms with Gasteiger partial charge in [-0.2, -0.15) is 4.31 Å². The first-order valence-corrected chi connectivity index (χ1v) is 10.5. The summed E-state index contributed by atoms with van der Waals surface area (Å²) in [5.74, 6) is 0. The number of benzene rings is 1. The van der Waals surface area contributed by atoms with E-state index in [0.717, 1.165) is 24.2 Å². The fraction of sp³-hybridized carbons (Fsp3) is 0.588. The maximum absolute atomic E-state index is 12.8. The van der Waals surface area contributed by atoms with Gasteiger partial charge in [-0.05, 0) is 49.3 Å². The molecule has 140 valence electrons. The van der Waals surface area contributed by atoms with Crippen LogP contribution in [0.5, 0.6) is 0 Å². The van der Waals surface area contributed by atoms with E-state index in [0.29, 0.717) is 36.2 Å². The van der Waals surface area contributed by atoms with Gasteiger partial charge in [-0.1, -0.05) is 6.07 Å². The lowest BCUT2D eigenvalue weighted by Crippen LogP contribution is -3.06. The maximum atomic E-state index is 12.8. The number of nitrogens with one attached hydrogen (secondary N) is 2. The van der Waals surface area contributed by atoms with Gasteiger partial charge in [0.2, 0.25) is 10.0 Å². The molecule has 0 unspecified atom stereocenters. The molecule has 1 aromatic rings. The van der Waals surface area contributed by atoms with Crippen LogP contribution in [0, 0.1) is 13.8 Å². The Bertz CT molecular complexity index is 711. The van der Waals surface area contributed by atoms with E-state index in [9.17, 15) is 8.42 Å². The summed E-state index contributed by atoms with van der Waals surface area (Å²) >= 11 is 5.42. The van der Waals surface area contributed by atoms with Gasteiger partial charge in [0.25, 0.3) is 0 Å². The van der Waals surface area contributed by atoms with Crippen LogP contribution in [0.2, 0.25) is 0 Å². The summed E-state index contributed by atoms with van der Waals surface area (Å²) in [5, 5.41) is 3.96. The summed E-state index contributed by atoms with van der Waals surface area (Å²) in [6.07, 6.45) is 0. The Morgan fingerprint density at radius 3 is 2.36 bits per heavy atom. The van der Waals surface area contributed by atoms with Gasteiger partial charge < -0.3 is 15.1 Å². The number of aryl methyl sites for hydroxylation is 2. The molecule has 8 heteroatoms. The Hall–Kier alpha value is -1.22. The van der Waals surface area contributed by atoms with Gasteiger partial charge in [-0.15, -0.1) is 0 Å². The third-order valence-electron chi connectivity index (χ3n) is 4.54. The van der Waals surface area contributed by atoms with Crippen molar-refractivity contribution >= 4 is 27.4 Å². The minimum absolute atomic E-state index is 0.374. The lowest BCUT2D eigenvalue weighted by molar-refractivity contribution is -0.856. The number of nitrogens with zero attached hydrogens (tertiary/aromatic N) is 2. The van der Waals surface area contributed by atoms with Gasteiger partial charge in [-0.25, -0.2) is 8.42 Å². The van der Waals surface area contributed by atoms with E-state index in [1.54, 1.807) is 16.4 Å².